The summed E-state index contributed by atoms with van der Waals surface area (Å²) in [4.78, 5) is 74.8. The molecule has 5 aliphatic heterocycles. The van der Waals surface area contributed by atoms with E-state index in [1.54, 1.807) is 14.7 Å². The number of piperidine rings is 4. The average molecular weight is 902 g/mol. The van der Waals surface area contributed by atoms with Gasteiger partial charge in [-0.15, -0.1) is 0 Å². The lowest BCUT2D eigenvalue weighted by Crippen LogP contribution is -2.52. The first-order valence-electron chi connectivity index (χ1n) is 22.4. The predicted octanol–water partition coefficient (Wildman–Crippen LogP) is 6.44. The number of nitrogens with one attached hydrogen (secondary N) is 1. The average Bonchev–Trinajstić information content (AvgIpc) is 3.46. The Morgan fingerprint density at radius 2 is 1.48 bits per heavy atom. The van der Waals surface area contributed by atoms with Gasteiger partial charge in [0, 0.05) is 70.5 Å². The molecule has 0 bridgehead atoms. The lowest BCUT2D eigenvalue weighted by Gasteiger charge is -2.41. The zero-order chi connectivity index (χ0) is 44.7. The van der Waals surface area contributed by atoms with Crippen LogP contribution in [0.2, 0.25) is 5.02 Å². The zero-order valence-electron chi connectivity index (χ0n) is 35.7. The molecule has 2 aromatic rings. The second kappa shape index (κ2) is 20.8. The van der Waals surface area contributed by atoms with Gasteiger partial charge < -0.3 is 45.0 Å². The minimum atomic E-state index is -4.80. The van der Waals surface area contributed by atoms with Crippen molar-refractivity contribution in [2.45, 2.75) is 95.4 Å². The van der Waals surface area contributed by atoms with Crippen molar-refractivity contribution >= 4 is 52.9 Å². The van der Waals surface area contributed by atoms with Crippen LogP contribution >= 0.6 is 11.6 Å². The SMILES string of the molecule is Nc1c(Cl)cc(C[C@@H](OC(=O)N2CCC(N3CCc4ccccc4NC3=O)CC2)C(=O)N2CCC(C3CCN(CCC(=O)OCC(=O)N4CCCCC4)CC3)CC2)cc1C(F)(F)F. The molecule has 0 spiro atoms. The first-order valence-corrected chi connectivity index (χ1v) is 22.8. The normalized spacial score (nSPS) is 20.4. The van der Waals surface area contributed by atoms with Gasteiger partial charge in [-0.05, 0) is 118 Å². The molecule has 0 aliphatic carbocycles. The fourth-order valence-corrected chi connectivity index (χ4v) is 10.1. The van der Waals surface area contributed by atoms with E-state index in [-0.39, 0.29) is 67.1 Å². The van der Waals surface area contributed by atoms with Crippen LogP contribution in [0.5, 0.6) is 0 Å². The Kier molecular flexibility index (Phi) is 15.3. The quantitative estimate of drug-likeness (QED) is 0.191. The van der Waals surface area contributed by atoms with Crippen molar-refractivity contribution in [3.63, 3.8) is 0 Å². The maximum absolute atomic E-state index is 14.2. The minimum absolute atomic E-state index is 0.0559. The van der Waals surface area contributed by atoms with Crippen LogP contribution in [0.1, 0.15) is 80.9 Å². The number of likely N-dealkylation sites (tertiary alicyclic amines) is 4. The van der Waals surface area contributed by atoms with Gasteiger partial charge in [-0.2, -0.15) is 13.2 Å². The molecular formula is C45H59ClF3N7O7. The van der Waals surface area contributed by atoms with Crippen LogP contribution in [0.4, 0.5) is 34.1 Å². The van der Waals surface area contributed by atoms with Crippen molar-refractivity contribution in [2.24, 2.45) is 11.8 Å². The number of amides is 5. The monoisotopic (exact) mass is 901 g/mol. The van der Waals surface area contributed by atoms with Gasteiger partial charge in [0.15, 0.2) is 12.7 Å². The van der Waals surface area contributed by atoms with Crippen LogP contribution in [-0.2, 0) is 42.9 Å². The Morgan fingerprint density at radius 1 is 0.825 bits per heavy atom. The number of carbonyl (C=O) groups is 5. The van der Waals surface area contributed by atoms with Gasteiger partial charge in [-0.1, -0.05) is 29.8 Å². The lowest BCUT2D eigenvalue weighted by molar-refractivity contribution is -0.152. The summed E-state index contributed by atoms with van der Waals surface area (Å²) in [5.41, 5.74) is 5.83. The number of halogens is 4. The van der Waals surface area contributed by atoms with E-state index < -0.39 is 35.5 Å². The summed E-state index contributed by atoms with van der Waals surface area (Å²) in [5, 5.41) is 2.68. The van der Waals surface area contributed by atoms with Gasteiger partial charge in [0.1, 0.15) is 0 Å². The van der Waals surface area contributed by atoms with E-state index in [0.717, 1.165) is 75.4 Å². The number of hydrogen-bond donors (Lipinski definition) is 2. The third kappa shape index (κ3) is 11.9. The molecule has 0 unspecified atom stereocenters. The van der Waals surface area contributed by atoms with E-state index in [9.17, 15) is 37.1 Å². The van der Waals surface area contributed by atoms with Gasteiger partial charge >= 0.3 is 24.3 Å². The van der Waals surface area contributed by atoms with Crippen molar-refractivity contribution in [1.29, 1.82) is 0 Å². The van der Waals surface area contributed by atoms with E-state index in [4.69, 9.17) is 26.8 Å². The van der Waals surface area contributed by atoms with Gasteiger partial charge in [-0.25, -0.2) is 9.59 Å². The Balaban J connectivity index is 0.911. The summed E-state index contributed by atoms with van der Waals surface area (Å²) >= 11 is 6.16. The van der Waals surface area contributed by atoms with Crippen molar-refractivity contribution in [3.05, 3.63) is 58.1 Å². The Labute approximate surface area is 371 Å². The number of rotatable bonds is 11. The number of nitrogens with zero attached hydrogens (tertiary/aromatic N) is 5. The molecule has 5 heterocycles. The summed E-state index contributed by atoms with van der Waals surface area (Å²) in [5.74, 6) is -0.218. The largest absolute Gasteiger partial charge is 0.456 e. The summed E-state index contributed by atoms with van der Waals surface area (Å²) in [6, 6.07) is 9.47. The van der Waals surface area contributed by atoms with Crippen LogP contribution in [0.25, 0.3) is 0 Å². The van der Waals surface area contributed by atoms with Gasteiger partial charge in [0.05, 0.1) is 22.7 Å². The van der Waals surface area contributed by atoms with Crippen molar-refractivity contribution in [2.75, 3.05) is 83.1 Å². The summed E-state index contributed by atoms with van der Waals surface area (Å²) in [6.07, 6.45) is 0.973. The molecule has 0 saturated carbocycles. The number of para-hydroxylation sites is 1. The highest BCUT2D eigenvalue weighted by molar-refractivity contribution is 6.33. The molecule has 2 aromatic carbocycles. The van der Waals surface area contributed by atoms with Crippen LogP contribution in [0.3, 0.4) is 0 Å². The number of nitrogen functional groups attached to an aromatic ring is 1. The number of fused-ring (bicyclic) bond motifs is 1. The smallest absolute Gasteiger partial charge is 0.418 e. The minimum Gasteiger partial charge on any atom is -0.456 e. The van der Waals surface area contributed by atoms with Crippen LogP contribution in [0, 0.1) is 11.8 Å². The van der Waals surface area contributed by atoms with Crippen LogP contribution < -0.4 is 11.1 Å². The Morgan fingerprint density at radius 3 is 2.16 bits per heavy atom. The number of anilines is 2. The van der Waals surface area contributed by atoms with Gasteiger partial charge in [-0.3, -0.25) is 14.4 Å². The Hall–Kier alpha value is -4.77. The van der Waals surface area contributed by atoms with E-state index >= 15 is 0 Å². The zero-order valence-corrected chi connectivity index (χ0v) is 36.5. The molecule has 0 aromatic heterocycles. The number of urea groups is 1. The molecular weight excluding hydrogens is 843 g/mol. The fourth-order valence-electron chi connectivity index (χ4n) is 9.86. The molecule has 14 nitrogen and oxygen atoms in total. The van der Waals surface area contributed by atoms with E-state index in [1.807, 2.05) is 24.3 Å². The number of esters is 1. The maximum atomic E-state index is 14.2. The van der Waals surface area contributed by atoms with Gasteiger partial charge in [0.25, 0.3) is 11.8 Å². The summed E-state index contributed by atoms with van der Waals surface area (Å²) in [6.45, 7) is 5.29. The van der Waals surface area contributed by atoms with Gasteiger partial charge in [0.2, 0.25) is 0 Å². The van der Waals surface area contributed by atoms with Crippen molar-refractivity contribution in [1.82, 2.24) is 24.5 Å². The second-order valence-electron chi connectivity index (χ2n) is 17.6. The number of nitrogens with two attached hydrogens (primary N) is 1. The first-order chi connectivity index (χ1) is 30.2. The molecule has 63 heavy (non-hydrogen) atoms. The molecule has 344 valence electrons. The van der Waals surface area contributed by atoms with E-state index in [1.165, 1.54) is 11.0 Å². The predicted molar refractivity (Wildman–Crippen MR) is 230 cm³/mol. The summed E-state index contributed by atoms with van der Waals surface area (Å²) in [7, 11) is 0. The molecule has 4 saturated heterocycles. The molecule has 18 heteroatoms. The number of carbonyl (C=O) groups excluding carboxylic acids is 5. The highest BCUT2D eigenvalue weighted by Crippen LogP contribution is 2.39. The van der Waals surface area contributed by atoms with E-state index in [0.29, 0.717) is 70.4 Å². The number of ether oxygens (including phenoxy) is 2. The molecule has 5 amide bonds. The summed E-state index contributed by atoms with van der Waals surface area (Å²) < 4.78 is 53.0. The standard InChI is InChI=1S/C45H59ClF3N7O7/c46-36-27-30(26-35(41(36)50)45(47,48)49)28-38(63-44(61)55-23-13-34(14-24-55)56-25-12-33-6-2-3-7-37(33)51-43(56)60)42(59)54-21-10-32(11-22-54)31-8-18-52(19-9-31)20-15-40(58)62-29-39(57)53-16-4-1-5-17-53/h2-3,6-7,26-27,31-32,34,38H,1,4-5,8-25,28-29,50H2,(H,51,60)/t38-/m1/s1. The second-order valence-corrected chi connectivity index (χ2v) is 18.0. The third-order valence-corrected chi connectivity index (χ3v) is 13.9. The van der Waals surface area contributed by atoms with E-state index in [2.05, 4.69) is 10.2 Å². The molecule has 7 rings (SSSR count). The molecule has 3 N–H and O–H groups in total. The Bertz CT molecular complexity index is 1960. The van der Waals surface area contributed by atoms with Crippen molar-refractivity contribution < 1.29 is 46.6 Å². The van der Waals surface area contributed by atoms with Crippen LogP contribution in [0.15, 0.2) is 36.4 Å². The molecule has 4 fully saturated rings. The lowest BCUT2D eigenvalue weighted by atomic mass is 9.78. The number of hydrogen-bond acceptors (Lipinski definition) is 9. The molecule has 5 aliphatic rings. The topological polar surface area (TPSA) is 158 Å². The molecule has 1 atom stereocenters. The first kappa shape index (κ1) is 46.2. The van der Waals surface area contributed by atoms with Crippen LogP contribution in [-0.4, -0.2) is 139 Å². The highest BCUT2D eigenvalue weighted by Gasteiger charge is 2.39. The maximum Gasteiger partial charge on any atom is 0.418 e. The highest BCUT2D eigenvalue weighted by atomic mass is 35.5. The third-order valence-electron chi connectivity index (χ3n) is 13.6. The fraction of sp³-hybridized carbons (Fsp3) is 0.622. The van der Waals surface area contributed by atoms with Crippen molar-refractivity contribution in [3.8, 4) is 0 Å². The number of alkyl halides is 3. The number of benzene rings is 2. The molecule has 0 radical (unpaired) electrons.